The first-order valence-electron chi connectivity index (χ1n) is 7.16. The summed E-state index contributed by atoms with van der Waals surface area (Å²) < 4.78 is 2.16. The summed E-state index contributed by atoms with van der Waals surface area (Å²) in [5, 5.41) is 3.15. The molecule has 0 saturated carbocycles. The number of carbonyl (C=O) groups excluding carboxylic acids is 1. The number of aromatic nitrogens is 1. The van der Waals surface area contributed by atoms with Crippen LogP contribution in [0.2, 0.25) is 0 Å². The van der Waals surface area contributed by atoms with Crippen LogP contribution in [0, 0.1) is 5.92 Å². The third kappa shape index (κ3) is 2.29. The predicted octanol–water partition coefficient (Wildman–Crippen LogP) is 2.96. The first kappa shape index (κ1) is 13.1. The monoisotopic (exact) mass is 268 g/mol. The number of Topliss-reactive ketones (excluding diaryl/α,β-unsaturated/α-hetero) is 1. The van der Waals surface area contributed by atoms with Gasteiger partial charge in [-0.05, 0) is 43.1 Å². The SMILES string of the molecule is CNCc1ccc(-n2ccc3c2C[C@H](C)CC3=O)cc1. The highest BCUT2D eigenvalue weighted by Crippen LogP contribution is 2.28. The third-order valence-corrected chi connectivity index (χ3v) is 3.96. The smallest absolute Gasteiger partial charge is 0.164 e. The molecular formula is C17H20N2O. The van der Waals surface area contributed by atoms with Gasteiger partial charge in [-0.1, -0.05) is 19.1 Å². The van der Waals surface area contributed by atoms with E-state index < -0.39 is 0 Å². The average molecular weight is 268 g/mol. The van der Waals surface area contributed by atoms with Crippen molar-refractivity contribution < 1.29 is 4.79 Å². The number of benzene rings is 1. The second kappa shape index (κ2) is 5.25. The molecule has 0 bridgehead atoms. The average Bonchev–Trinajstić information content (AvgIpc) is 2.84. The van der Waals surface area contributed by atoms with Crippen LogP contribution in [0.25, 0.3) is 5.69 Å². The number of nitrogens with zero attached hydrogens (tertiary/aromatic N) is 1. The number of fused-ring (bicyclic) bond motifs is 1. The topological polar surface area (TPSA) is 34.0 Å². The van der Waals surface area contributed by atoms with E-state index in [1.54, 1.807) is 0 Å². The summed E-state index contributed by atoms with van der Waals surface area (Å²) in [6, 6.07) is 10.5. The number of carbonyl (C=O) groups is 1. The lowest BCUT2D eigenvalue weighted by Crippen LogP contribution is -2.19. The molecule has 0 fully saturated rings. The standard InChI is InChI=1S/C17H20N2O/c1-12-9-16-15(17(20)10-12)7-8-19(16)14-5-3-13(4-6-14)11-18-2/h3-8,12,18H,9-11H2,1-2H3/t12-/m0/s1. The molecule has 0 saturated heterocycles. The van der Waals surface area contributed by atoms with Crippen molar-refractivity contribution in [3.8, 4) is 5.69 Å². The van der Waals surface area contributed by atoms with Crippen molar-refractivity contribution in [1.82, 2.24) is 9.88 Å². The predicted molar refractivity (Wildman–Crippen MR) is 80.3 cm³/mol. The van der Waals surface area contributed by atoms with E-state index in [9.17, 15) is 4.79 Å². The molecule has 0 radical (unpaired) electrons. The van der Waals surface area contributed by atoms with Crippen LogP contribution in [0.5, 0.6) is 0 Å². The van der Waals surface area contributed by atoms with Crippen LogP contribution in [0.4, 0.5) is 0 Å². The number of nitrogens with one attached hydrogen (secondary N) is 1. The quantitative estimate of drug-likeness (QED) is 0.928. The molecule has 1 aromatic carbocycles. The first-order chi connectivity index (χ1) is 9.69. The molecule has 1 atom stereocenters. The molecule has 3 nitrogen and oxygen atoms in total. The fourth-order valence-electron chi connectivity index (χ4n) is 2.98. The molecule has 1 aliphatic carbocycles. The van der Waals surface area contributed by atoms with Crippen LogP contribution in [0.3, 0.4) is 0 Å². The zero-order chi connectivity index (χ0) is 14.1. The van der Waals surface area contributed by atoms with Crippen LogP contribution in [-0.2, 0) is 13.0 Å². The Labute approximate surface area is 119 Å². The molecule has 2 aromatic rings. The highest BCUT2D eigenvalue weighted by molar-refractivity contribution is 5.98. The molecular weight excluding hydrogens is 248 g/mol. The van der Waals surface area contributed by atoms with Crippen molar-refractivity contribution >= 4 is 5.78 Å². The van der Waals surface area contributed by atoms with E-state index in [-0.39, 0.29) is 5.78 Å². The minimum Gasteiger partial charge on any atom is -0.320 e. The maximum Gasteiger partial charge on any atom is 0.164 e. The fourth-order valence-corrected chi connectivity index (χ4v) is 2.98. The van der Waals surface area contributed by atoms with Gasteiger partial charge in [0, 0.05) is 36.1 Å². The highest BCUT2D eigenvalue weighted by atomic mass is 16.1. The van der Waals surface area contributed by atoms with Crippen molar-refractivity contribution in [2.75, 3.05) is 7.05 Å². The molecule has 0 unspecified atom stereocenters. The van der Waals surface area contributed by atoms with E-state index in [1.165, 1.54) is 5.56 Å². The molecule has 3 heteroatoms. The molecule has 0 spiro atoms. The van der Waals surface area contributed by atoms with Gasteiger partial charge in [0.2, 0.25) is 0 Å². The summed E-state index contributed by atoms with van der Waals surface area (Å²) in [5.74, 6) is 0.719. The van der Waals surface area contributed by atoms with Crippen LogP contribution in [-0.4, -0.2) is 17.4 Å². The fraction of sp³-hybridized carbons (Fsp3) is 0.353. The van der Waals surface area contributed by atoms with E-state index in [4.69, 9.17) is 0 Å². The van der Waals surface area contributed by atoms with Crippen molar-refractivity contribution in [2.45, 2.75) is 26.3 Å². The van der Waals surface area contributed by atoms with Gasteiger partial charge in [0.25, 0.3) is 0 Å². The number of hydrogen-bond donors (Lipinski definition) is 1. The van der Waals surface area contributed by atoms with E-state index in [1.807, 2.05) is 19.3 Å². The van der Waals surface area contributed by atoms with Gasteiger partial charge in [0.15, 0.2) is 5.78 Å². The molecule has 0 amide bonds. The molecule has 0 aliphatic heterocycles. The molecule has 104 valence electrons. The number of hydrogen-bond acceptors (Lipinski definition) is 2. The maximum absolute atomic E-state index is 12.1. The van der Waals surface area contributed by atoms with Gasteiger partial charge in [0.05, 0.1) is 0 Å². The summed E-state index contributed by atoms with van der Waals surface area (Å²) in [5.41, 5.74) is 4.47. The largest absolute Gasteiger partial charge is 0.320 e. The van der Waals surface area contributed by atoms with Crippen molar-refractivity contribution in [3.63, 3.8) is 0 Å². The molecule has 1 heterocycles. The Morgan fingerprint density at radius 3 is 2.65 bits per heavy atom. The van der Waals surface area contributed by atoms with E-state index >= 15 is 0 Å². The summed E-state index contributed by atoms with van der Waals surface area (Å²) in [7, 11) is 1.95. The maximum atomic E-state index is 12.1. The number of ketones is 1. The van der Waals surface area contributed by atoms with Crippen LogP contribution in [0.1, 0.15) is 35.0 Å². The lowest BCUT2D eigenvalue weighted by molar-refractivity contribution is 0.0952. The molecule has 1 aromatic heterocycles. The normalized spacial score (nSPS) is 18.1. The Balaban J connectivity index is 1.97. The Morgan fingerprint density at radius 2 is 1.95 bits per heavy atom. The zero-order valence-electron chi connectivity index (χ0n) is 12.0. The molecule has 1 N–H and O–H groups in total. The summed E-state index contributed by atoms with van der Waals surface area (Å²) >= 11 is 0. The van der Waals surface area contributed by atoms with Gasteiger partial charge >= 0.3 is 0 Å². The Kier molecular flexibility index (Phi) is 3.45. The van der Waals surface area contributed by atoms with Crippen molar-refractivity contribution in [3.05, 3.63) is 53.3 Å². The van der Waals surface area contributed by atoms with Gasteiger partial charge in [-0.2, -0.15) is 0 Å². The minimum absolute atomic E-state index is 0.282. The van der Waals surface area contributed by atoms with Crippen molar-refractivity contribution in [1.29, 1.82) is 0 Å². The van der Waals surface area contributed by atoms with E-state index in [0.29, 0.717) is 12.3 Å². The number of rotatable bonds is 3. The Hall–Kier alpha value is -1.87. The Bertz CT molecular complexity index is 625. The van der Waals surface area contributed by atoms with Gasteiger partial charge in [-0.3, -0.25) is 4.79 Å². The lowest BCUT2D eigenvalue weighted by Gasteiger charge is -2.20. The van der Waals surface area contributed by atoms with Crippen molar-refractivity contribution in [2.24, 2.45) is 5.92 Å². The second-order valence-corrected chi connectivity index (χ2v) is 5.68. The summed E-state index contributed by atoms with van der Waals surface area (Å²) in [4.78, 5) is 12.1. The van der Waals surface area contributed by atoms with Crippen LogP contribution >= 0.6 is 0 Å². The lowest BCUT2D eigenvalue weighted by atomic mass is 9.88. The van der Waals surface area contributed by atoms with Gasteiger partial charge < -0.3 is 9.88 Å². The van der Waals surface area contributed by atoms with E-state index in [0.717, 1.165) is 29.9 Å². The van der Waals surface area contributed by atoms with Crippen LogP contribution < -0.4 is 5.32 Å². The molecule has 20 heavy (non-hydrogen) atoms. The van der Waals surface area contributed by atoms with Crippen LogP contribution in [0.15, 0.2) is 36.5 Å². The Morgan fingerprint density at radius 1 is 1.20 bits per heavy atom. The van der Waals surface area contributed by atoms with Gasteiger partial charge in [-0.25, -0.2) is 0 Å². The zero-order valence-corrected chi connectivity index (χ0v) is 12.0. The first-order valence-corrected chi connectivity index (χ1v) is 7.16. The summed E-state index contributed by atoms with van der Waals surface area (Å²) in [6.07, 6.45) is 3.68. The van der Waals surface area contributed by atoms with Gasteiger partial charge in [-0.15, -0.1) is 0 Å². The third-order valence-electron chi connectivity index (χ3n) is 3.96. The summed E-state index contributed by atoms with van der Waals surface area (Å²) in [6.45, 7) is 3.02. The highest BCUT2D eigenvalue weighted by Gasteiger charge is 2.25. The van der Waals surface area contributed by atoms with Gasteiger partial charge in [0.1, 0.15) is 0 Å². The molecule has 3 rings (SSSR count). The van der Waals surface area contributed by atoms with E-state index in [2.05, 4.69) is 41.1 Å². The molecule has 1 aliphatic rings. The second-order valence-electron chi connectivity index (χ2n) is 5.68. The minimum atomic E-state index is 0.282.